The smallest absolute Gasteiger partial charge is 0.339 e. The molecular formula is C21H17NO4. The van der Waals surface area contributed by atoms with Crippen LogP contribution in [0.15, 0.2) is 72.8 Å². The number of benzene rings is 3. The average Bonchev–Trinajstić information content (AvgIpc) is 2.68. The van der Waals surface area contributed by atoms with Gasteiger partial charge in [0.1, 0.15) is 11.3 Å². The van der Waals surface area contributed by atoms with Crippen LogP contribution in [0.3, 0.4) is 0 Å². The Labute approximate surface area is 150 Å². The minimum atomic E-state index is -1.09. The van der Waals surface area contributed by atoms with Crippen LogP contribution >= 0.6 is 0 Å². The second-order valence-electron chi connectivity index (χ2n) is 5.62. The van der Waals surface area contributed by atoms with Crippen LogP contribution in [0.25, 0.3) is 11.1 Å². The van der Waals surface area contributed by atoms with Gasteiger partial charge in [0, 0.05) is 17.3 Å². The van der Waals surface area contributed by atoms with Crippen LogP contribution in [0.2, 0.25) is 0 Å². The first-order valence-electron chi connectivity index (χ1n) is 7.96. The minimum Gasteiger partial charge on any atom is -0.496 e. The molecule has 3 aromatic rings. The number of nitrogens with one attached hydrogen (secondary N) is 1. The van der Waals surface area contributed by atoms with Gasteiger partial charge in [0.2, 0.25) is 0 Å². The molecule has 3 aromatic carbocycles. The van der Waals surface area contributed by atoms with Crippen LogP contribution in [0, 0.1) is 0 Å². The van der Waals surface area contributed by atoms with Crippen molar-refractivity contribution in [2.45, 2.75) is 0 Å². The van der Waals surface area contributed by atoms with E-state index in [2.05, 4.69) is 5.32 Å². The van der Waals surface area contributed by atoms with Crippen molar-refractivity contribution >= 4 is 17.6 Å². The Hall–Kier alpha value is -3.60. The van der Waals surface area contributed by atoms with Crippen molar-refractivity contribution in [1.82, 2.24) is 0 Å². The van der Waals surface area contributed by atoms with Gasteiger partial charge in [-0.2, -0.15) is 0 Å². The largest absolute Gasteiger partial charge is 0.496 e. The highest BCUT2D eigenvalue weighted by atomic mass is 16.5. The second-order valence-corrected chi connectivity index (χ2v) is 5.62. The number of carboxylic acid groups (broad SMARTS) is 1. The average molecular weight is 347 g/mol. The van der Waals surface area contributed by atoms with Crippen LogP contribution in [0.5, 0.6) is 5.75 Å². The molecule has 26 heavy (non-hydrogen) atoms. The quantitative estimate of drug-likeness (QED) is 0.721. The summed E-state index contributed by atoms with van der Waals surface area (Å²) in [6.45, 7) is 0. The standard InChI is InChI=1S/C21H17NO4/c1-26-19-13-17(11-12-18(19)21(24)25)22-20(23)16-9-7-15(8-10-16)14-5-3-2-4-6-14/h2-13H,1H3,(H,22,23)(H,24,25). The maximum Gasteiger partial charge on any atom is 0.339 e. The summed E-state index contributed by atoms with van der Waals surface area (Å²) in [6.07, 6.45) is 0. The predicted molar refractivity (Wildman–Crippen MR) is 99.8 cm³/mol. The molecule has 0 saturated carbocycles. The number of methoxy groups -OCH3 is 1. The van der Waals surface area contributed by atoms with Crippen molar-refractivity contribution in [1.29, 1.82) is 0 Å². The molecule has 0 radical (unpaired) electrons. The van der Waals surface area contributed by atoms with Gasteiger partial charge in [0.15, 0.2) is 0 Å². The number of carbonyl (C=O) groups is 2. The topological polar surface area (TPSA) is 75.6 Å². The first kappa shape index (κ1) is 17.2. The van der Waals surface area contributed by atoms with Crippen molar-refractivity contribution in [2.24, 2.45) is 0 Å². The molecule has 5 heteroatoms. The van der Waals surface area contributed by atoms with E-state index in [9.17, 15) is 9.59 Å². The number of ether oxygens (including phenoxy) is 1. The van der Waals surface area contributed by atoms with Gasteiger partial charge in [-0.15, -0.1) is 0 Å². The lowest BCUT2D eigenvalue weighted by molar-refractivity contribution is 0.0693. The maximum absolute atomic E-state index is 12.4. The lowest BCUT2D eigenvalue weighted by Gasteiger charge is -2.10. The van der Waals surface area contributed by atoms with E-state index in [1.165, 1.54) is 25.3 Å². The zero-order valence-corrected chi connectivity index (χ0v) is 14.1. The number of aromatic carboxylic acids is 1. The zero-order chi connectivity index (χ0) is 18.5. The summed E-state index contributed by atoms with van der Waals surface area (Å²) in [6, 6.07) is 21.6. The van der Waals surface area contributed by atoms with Gasteiger partial charge in [0.05, 0.1) is 7.11 Å². The number of hydrogen-bond acceptors (Lipinski definition) is 3. The number of hydrogen-bond donors (Lipinski definition) is 2. The van der Waals surface area contributed by atoms with Crippen molar-refractivity contribution in [3.63, 3.8) is 0 Å². The molecule has 130 valence electrons. The Morgan fingerprint density at radius 2 is 1.54 bits per heavy atom. The first-order valence-corrected chi connectivity index (χ1v) is 7.96. The van der Waals surface area contributed by atoms with Crippen molar-refractivity contribution in [2.75, 3.05) is 12.4 Å². The third kappa shape index (κ3) is 3.72. The number of amides is 1. The van der Waals surface area contributed by atoms with E-state index < -0.39 is 5.97 Å². The summed E-state index contributed by atoms with van der Waals surface area (Å²) in [7, 11) is 1.38. The molecule has 0 bridgehead atoms. The zero-order valence-electron chi connectivity index (χ0n) is 14.1. The SMILES string of the molecule is COc1cc(NC(=O)c2ccc(-c3ccccc3)cc2)ccc1C(=O)O. The Bertz CT molecular complexity index is 934. The van der Waals surface area contributed by atoms with E-state index in [1.807, 2.05) is 42.5 Å². The molecule has 1 amide bonds. The van der Waals surface area contributed by atoms with Gasteiger partial charge in [0.25, 0.3) is 5.91 Å². The third-order valence-corrected chi connectivity index (χ3v) is 3.94. The molecule has 3 rings (SSSR count). The van der Waals surface area contributed by atoms with E-state index >= 15 is 0 Å². The molecule has 0 saturated heterocycles. The van der Waals surface area contributed by atoms with Crippen LogP contribution in [-0.4, -0.2) is 24.1 Å². The lowest BCUT2D eigenvalue weighted by atomic mass is 10.0. The van der Waals surface area contributed by atoms with E-state index in [1.54, 1.807) is 12.1 Å². The number of carboxylic acids is 1. The molecule has 0 aliphatic heterocycles. The third-order valence-electron chi connectivity index (χ3n) is 3.94. The van der Waals surface area contributed by atoms with Crippen molar-refractivity contribution in [3.05, 3.63) is 83.9 Å². The molecule has 0 heterocycles. The number of rotatable bonds is 5. The Morgan fingerprint density at radius 1 is 0.885 bits per heavy atom. The van der Waals surface area contributed by atoms with E-state index in [-0.39, 0.29) is 17.2 Å². The van der Waals surface area contributed by atoms with Crippen molar-refractivity contribution < 1.29 is 19.4 Å². The van der Waals surface area contributed by atoms with Gasteiger partial charge >= 0.3 is 5.97 Å². The molecule has 0 unspecified atom stereocenters. The molecule has 0 fully saturated rings. The van der Waals surface area contributed by atoms with Gasteiger partial charge in [-0.1, -0.05) is 42.5 Å². The number of carbonyl (C=O) groups excluding carboxylic acids is 1. The molecule has 5 nitrogen and oxygen atoms in total. The van der Waals surface area contributed by atoms with E-state index in [0.717, 1.165) is 11.1 Å². The molecule has 0 aliphatic rings. The normalized spacial score (nSPS) is 10.2. The van der Waals surface area contributed by atoms with Gasteiger partial charge in [-0.05, 0) is 35.4 Å². The van der Waals surface area contributed by atoms with Crippen LogP contribution < -0.4 is 10.1 Å². The Kier molecular flexibility index (Phi) is 4.99. The van der Waals surface area contributed by atoms with Crippen LogP contribution in [-0.2, 0) is 0 Å². The Morgan fingerprint density at radius 3 is 2.15 bits per heavy atom. The highest BCUT2D eigenvalue weighted by Gasteiger charge is 2.13. The fourth-order valence-corrected chi connectivity index (χ4v) is 2.59. The van der Waals surface area contributed by atoms with E-state index in [0.29, 0.717) is 11.3 Å². The molecule has 0 atom stereocenters. The summed E-state index contributed by atoms with van der Waals surface area (Å²) in [4.78, 5) is 23.5. The van der Waals surface area contributed by atoms with Gasteiger partial charge in [-0.3, -0.25) is 4.79 Å². The first-order chi connectivity index (χ1) is 12.6. The van der Waals surface area contributed by atoms with Crippen LogP contribution in [0.4, 0.5) is 5.69 Å². The molecule has 2 N–H and O–H groups in total. The molecule has 0 aromatic heterocycles. The lowest BCUT2D eigenvalue weighted by Crippen LogP contribution is -2.12. The second kappa shape index (κ2) is 7.53. The fourth-order valence-electron chi connectivity index (χ4n) is 2.59. The van der Waals surface area contributed by atoms with Gasteiger partial charge in [-0.25, -0.2) is 4.79 Å². The summed E-state index contributed by atoms with van der Waals surface area (Å²) >= 11 is 0. The molecular weight excluding hydrogens is 330 g/mol. The van der Waals surface area contributed by atoms with E-state index in [4.69, 9.17) is 9.84 Å². The summed E-state index contributed by atoms with van der Waals surface area (Å²) in [5, 5.41) is 11.8. The summed E-state index contributed by atoms with van der Waals surface area (Å²) in [5.74, 6) is -1.18. The summed E-state index contributed by atoms with van der Waals surface area (Å²) < 4.78 is 5.07. The highest BCUT2D eigenvalue weighted by molar-refractivity contribution is 6.05. The van der Waals surface area contributed by atoms with Crippen molar-refractivity contribution in [3.8, 4) is 16.9 Å². The summed E-state index contributed by atoms with van der Waals surface area (Å²) in [5.41, 5.74) is 3.11. The van der Waals surface area contributed by atoms with Gasteiger partial charge < -0.3 is 15.2 Å². The Balaban J connectivity index is 1.77. The molecule has 0 spiro atoms. The molecule has 0 aliphatic carbocycles. The monoisotopic (exact) mass is 347 g/mol. The predicted octanol–water partition coefficient (Wildman–Crippen LogP) is 4.31. The number of anilines is 1. The van der Waals surface area contributed by atoms with Crippen LogP contribution in [0.1, 0.15) is 20.7 Å². The maximum atomic E-state index is 12.4. The minimum absolute atomic E-state index is 0.0395. The highest BCUT2D eigenvalue weighted by Crippen LogP contribution is 2.24. The fraction of sp³-hybridized carbons (Fsp3) is 0.0476.